The lowest BCUT2D eigenvalue weighted by Gasteiger charge is -1.98. The highest BCUT2D eigenvalue weighted by Gasteiger charge is 2.13. The van der Waals surface area contributed by atoms with E-state index in [1.54, 1.807) is 30.5 Å². The molecule has 0 saturated carbocycles. The molecule has 0 unspecified atom stereocenters. The number of nitrogen functional groups attached to an aromatic ring is 1. The Morgan fingerprint density at radius 2 is 1.85 bits per heavy atom. The van der Waals surface area contributed by atoms with Gasteiger partial charge in [-0.2, -0.15) is 4.98 Å². The molecule has 20 heavy (non-hydrogen) atoms. The van der Waals surface area contributed by atoms with Crippen LogP contribution < -0.4 is 5.73 Å². The van der Waals surface area contributed by atoms with Crippen LogP contribution in [0.15, 0.2) is 41.2 Å². The summed E-state index contributed by atoms with van der Waals surface area (Å²) in [7, 11) is 0. The third-order valence-corrected chi connectivity index (χ3v) is 3.07. The predicted molar refractivity (Wildman–Crippen MR) is 77.4 cm³/mol. The number of nitrogens with two attached hydrogens (primary N) is 1. The quantitative estimate of drug-likeness (QED) is 0.781. The van der Waals surface area contributed by atoms with Crippen molar-refractivity contribution in [2.45, 2.75) is 0 Å². The van der Waals surface area contributed by atoms with Crippen molar-refractivity contribution in [2.24, 2.45) is 0 Å². The summed E-state index contributed by atoms with van der Waals surface area (Å²) >= 11 is 11.9. The maximum absolute atomic E-state index is 5.95. The van der Waals surface area contributed by atoms with Crippen LogP contribution in [0.5, 0.6) is 0 Å². The van der Waals surface area contributed by atoms with Crippen LogP contribution in [-0.4, -0.2) is 15.1 Å². The van der Waals surface area contributed by atoms with Crippen LogP contribution in [0.2, 0.25) is 10.0 Å². The molecule has 7 heteroatoms. The number of nitrogens with zero attached hydrogens (tertiary/aromatic N) is 3. The van der Waals surface area contributed by atoms with Crippen LogP contribution in [0.4, 0.5) is 5.69 Å². The topological polar surface area (TPSA) is 77.8 Å². The second-order valence-electron chi connectivity index (χ2n) is 4.04. The lowest BCUT2D eigenvalue weighted by atomic mass is 10.2. The molecule has 2 N–H and O–H groups in total. The van der Waals surface area contributed by atoms with E-state index in [9.17, 15) is 0 Å². The zero-order valence-corrected chi connectivity index (χ0v) is 11.6. The van der Waals surface area contributed by atoms with E-state index in [4.69, 9.17) is 33.5 Å². The SMILES string of the molecule is Nc1cnccc1-c1nc(-c2cc(Cl)cc(Cl)c2)no1. The zero-order chi connectivity index (χ0) is 14.1. The van der Waals surface area contributed by atoms with E-state index in [1.165, 1.54) is 6.20 Å². The Labute approximate surface area is 124 Å². The molecule has 2 aromatic heterocycles. The van der Waals surface area contributed by atoms with Gasteiger partial charge in [0.15, 0.2) is 0 Å². The Morgan fingerprint density at radius 1 is 1.10 bits per heavy atom. The van der Waals surface area contributed by atoms with Gasteiger partial charge in [0.1, 0.15) is 0 Å². The van der Waals surface area contributed by atoms with Crippen LogP contribution in [0.1, 0.15) is 0 Å². The Balaban J connectivity index is 2.04. The average Bonchev–Trinajstić information content (AvgIpc) is 2.87. The Kier molecular flexibility index (Phi) is 3.30. The van der Waals surface area contributed by atoms with Gasteiger partial charge in [-0.1, -0.05) is 28.4 Å². The minimum Gasteiger partial charge on any atom is -0.397 e. The van der Waals surface area contributed by atoms with Gasteiger partial charge in [-0.3, -0.25) is 4.98 Å². The molecule has 0 amide bonds. The van der Waals surface area contributed by atoms with Crippen LogP contribution in [0.25, 0.3) is 22.8 Å². The van der Waals surface area contributed by atoms with E-state index in [1.807, 2.05) is 0 Å². The van der Waals surface area contributed by atoms with Crippen molar-refractivity contribution in [3.63, 3.8) is 0 Å². The molecule has 2 heterocycles. The third-order valence-electron chi connectivity index (χ3n) is 2.63. The predicted octanol–water partition coefficient (Wildman–Crippen LogP) is 3.69. The Morgan fingerprint density at radius 3 is 2.55 bits per heavy atom. The maximum Gasteiger partial charge on any atom is 0.260 e. The molecule has 100 valence electrons. The number of aromatic nitrogens is 3. The highest BCUT2D eigenvalue weighted by Crippen LogP contribution is 2.28. The molecule has 5 nitrogen and oxygen atoms in total. The molecule has 0 aliphatic rings. The summed E-state index contributed by atoms with van der Waals surface area (Å²) in [4.78, 5) is 8.20. The molecular weight excluding hydrogens is 299 g/mol. The normalized spacial score (nSPS) is 10.7. The first-order chi connectivity index (χ1) is 9.63. The summed E-state index contributed by atoms with van der Waals surface area (Å²) in [6.45, 7) is 0. The molecule has 1 aromatic carbocycles. The summed E-state index contributed by atoms with van der Waals surface area (Å²) in [5, 5.41) is 4.91. The highest BCUT2D eigenvalue weighted by molar-refractivity contribution is 6.35. The molecule has 0 atom stereocenters. The standard InChI is InChI=1S/C13H8Cl2N4O/c14-8-3-7(4-9(15)5-8)12-18-13(20-19-12)10-1-2-17-6-11(10)16/h1-6H,16H2. The van der Waals surface area contributed by atoms with Crippen molar-refractivity contribution in [2.75, 3.05) is 5.73 Å². The van der Waals surface area contributed by atoms with Crippen molar-refractivity contribution >= 4 is 28.9 Å². The molecule has 0 spiro atoms. The molecule has 0 bridgehead atoms. The molecule has 0 saturated heterocycles. The monoisotopic (exact) mass is 306 g/mol. The number of pyridine rings is 1. The van der Waals surface area contributed by atoms with Gasteiger partial charge < -0.3 is 10.3 Å². The Bertz CT molecular complexity index is 752. The number of anilines is 1. The molecular formula is C13H8Cl2N4O. The van der Waals surface area contributed by atoms with Crippen LogP contribution in [-0.2, 0) is 0 Å². The fraction of sp³-hybridized carbons (Fsp3) is 0. The molecule has 3 rings (SSSR count). The van der Waals surface area contributed by atoms with Crippen molar-refractivity contribution in [3.8, 4) is 22.8 Å². The Hall–Kier alpha value is -2.11. The van der Waals surface area contributed by atoms with Gasteiger partial charge in [0.2, 0.25) is 5.82 Å². The largest absolute Gasteiger partial charge is 0.397 e. The van der Waals surface area contributed by atoms with Gasteiger partial charge in [-0.15, -0.1) is 0 Å². The minimum atomic E-state index is 0.316. The van der Waals surface area contributed by atoms with Crippen LogP contribution >= 0.6 is 23.2 Å². The third kappa shape index (κ3) is 2.45. The first-order valence-corrected chi connectivity index (χ1v) is 6.39. The summed E-state index contributed by atoms with van der Waals surface area (Å²) < 4.78 is 5.21. The van der Waals surface area contributed by atoms with Gasteiger partial charge in [-0.25, -0.2) is 0 Å². The van der Waals surface area contributed by atoms with E-state index in [0.717, 1.165) is 0 Å². The van der Waals surface area contributed by atoms with Gasteiger partial charge in [-0.05, 0) is 24.3 Å². The first kappa shape index (κ1) is 12.9. The van der Waals surface area contributed by atoms with E-state index in [2.05, 4.69) is 15.1 Å². The maximum atomic E-state index is 5.95. The summed E-state index contributed by atoms with van der Waals surface area (Å²) in [5.74, 6) is 0.705. The number of hydrogen-bond donors (Lipinski definition) is 1. The van der Waals surface area contributed by atoms with Crippen molar-refractivity contribution in [3.05, 3.63) is 46.7 Å². The number of halogens is 2. The van der Waals surface area contributed by atoms with E-state index < -0.39 is 0 Å². The molecule has 0 fully saturated rings. The first-order valence-electron chi connectivity index (χ1n) is 5.63. The van der Waals surface area contributed by atoms with E-state index >= 15 is 0 Å². The van der Waals surface area contributed by atoms with Gasteiger partial charge in [0.05, 0.1) is 17.4 Å². The summed E-state index contributed by atoms with van der Waals surface area (Å²) in [6.07, 6.45) is 3.13. The van der Waals surface area contributed by atoms with Crippen LogP contribution in [0.3, 0.4) is 0 Å². The lowest BCUT2D eigenvalue weighted by Crippen LogP contribution is -1.90. The smallest absolute Gasteiger partial charge is 0.260 e. The molecule has 3 aromatic rings. The van der Waals surface area contributed by atoms with Gasteiger partial charge in [0.25, 0.3) is 5.89 Å². The fourth-order valence-corrected chi connectivity index (χ4v) is 2.26. The van der Waals surface area contributed by atoms with Gasteiger partial charge in [0, 0.05) is 21.8 Å². The molecule has 0 aliphatic carbocycles. The van der Waals surface area contributed by atoms with Crippen molar-refractivity contribution in [1.29, 1.82) is 0 Å². The molecule has 0 radical (unpaired) electrons. The zero-order valence-electron chi connectivity index (χ0n) is 10.0. The summed E-state index contributed by atoms with van der Waals surface area (Å²) in [6, 6.07) is 6.75. The second kappa shape index (κ2) is 5.11. The lowest BCUT2D eigenvalue weighted by molar-refractivity contribution is 0.432. The number of hydrogen-bond acceptors (Lipinski definition) is 5. The average molecular weight is 307 g/mol. The number of rotatable bonds is 2. The summed E-state index contributed by atoms with van der Waals surface area (Å²) in [5.41, 5.74) is 7.58. The van der Waals surface area contributed by atoms with Crippen LogP contribution in [0, 0.1) is 0 Å². The minimum absolute atomic E-state index is 0.316. The van der Waals surface area contributed by atoms with E-state index in [0.29, 0.717) is 38.6 Å². The molecule has 0 aliphatic heterocycles. The highest BCUT2D eigenvalue weighted by atomic mass is 35.5. The second-order valence-corrected chi connectivity index (χ2v) is 4.92. The van der Waals surface area contributed by atoms with Crippen molar-refractivity contribution < 1.29 is 4.52 Å². The van der Waals surface area contributed by atoms with Gasteiger partial charge >= 0.3 is 0 Å². The fourth-order valence-electron chi connectivity index (χ4n) is 1.73. The van der Waals surface area contributed by atoms with E-state index in [-0.39, 0.29) is 0 Å². The van der Waals surface area contributed by atoms with Crippen molar-refractivity contribution in [1.82, 2.24) is 15.1 Å². The number of benzene rings is 1.